The number of ether oxygens (including phenoxy) is 2. The summed E-state index contributed by atoms with van der Waals surface area (Å²) in [6, 6.07) is 0. The number of morpholine rings is 1. The highest BCUT2D eigenvalue weighted by Crippen LogP contribution is 2.42. The van der Waals surface area contributed by atoms with Crippen molar-refractivity contribution in [1.82, 2.24) is 10.2 Å². The first kappa shape index (κ1) is 16.5. The Morgan fingerprint density at radius 2 is 2.30 bits per heavy atom. The zero-order chi connectivity index (χ0) is 16.4. The number of esters is 1. The summed E-state index contributed by atoms with van der Waals surface area (Å²) in [6.45, 7) is 6.34. The fraction of sp³-hybridized carbons (Fsp3) is 0.625. The van der Waals surface area contributed by atoms with Gasteiger partial charge in [-0.15, -0.1) is 11.8 Å². The van der Waals surface area contributed by atoms with E-state index in [2.05, 4.69) is 10.2 Å². The summed E-state index contributed by atoms with van der Waals surface area (Å²) >= 11 is 1.60. The molecule has 0 amide bonds. The number of nitrogens with one attached hydrogen (secondary N) is 1. The maximum Gasteiger partial charge on any atom is 0.336 e. The van der Waals surface area contributed by atoms with Gasteiger partial charge in [0.2, 0.25) is 0 Å². The predicted octanol–water partition coefficient (Wildman–Crippen LogP) is 1.04. The molecule has 3 rings (SSSR count). The lowest BCUT2D eigenvalue weighted by Crippen LogP contribution is -2.42. The molecule has 23 heavy (non-hydrogen) atoms. The summed E-state index contributed by atoms with van der Waals surface area (Å²) in [5, 5.41) is 4.10. The number of nitrogens with zero attached hydrogens (tertiary/aromatic N) is 1. The van der Waals surface area contributed by atoms with Gasteiger partial charge < -0.3 is 19.7 Å². The van der Waals surface area contributed by atoms with Crippen LogP contribution in [-0.4, -0.2) is 60.9 Å². The fourth-order valence-corrected chi connectivity index (χ4v) is 4.10. The van der Waals surface area contributed by atoms with E-state index < -0.39 is 6.10 Å². The normalized spacial score (nSPS) is 26.1. The van der Waals surface area contributed by atoms with E-state index in [0.717, 1.165) is 29.4 Å². The van der Waals surface area contributed by atoms with Gasteiger partial charge in [-0.1, -0.05) is 0 Å². The molecule has 2 fully saturated rings. The molecule has 0 spiro atoms. The molecule has 1 N–H and O–H groups in total. The molecule has 3 aliphatic heterocycles. The summed E-state index contributed by atoms with van der Waals surface area (Å²) in [5.41, 5.74) is 1.69. The average molecular weight is 338 g/mol. The van der Waals surface area contributed by atoms with Crippen molar-refractivity contribution in [3.63, 3.8) is 0 Å². The Morgan fingerprint density at radius 1 is 1.48 bits per heavy atom. The molecule has 0 aliphatic carbocycles. The van der Waals surface area contributed by atoms with Crippen molar-refractivity contribution >= 4 is 23.5 Å². The fourth-order valence-electron chi connectivity index (χ4n) is 2.85. The molecule has 6 nitrogen and oxygen atoms in total. The van der Waals surface area contributed by atoms with Crippen LogP contribution >= 0.6 is 11.8 Å². The van der Waals surface area contributed by atoms with Crippen LogP contribution in [0.1, 0.15) is 20.3 Å². The van der Waals surface area contributed by atoms with Crippen molar-refractivity contribution in [2.75, 3.05) is 32.0 Å². The SMILES string of the molecule is CC(C)OC(=O)C1=C2SC/C(=C\C(=O)C3CNCCO3)N2CC1. The minimum Gasteiger partial charge on any atom is -0.460 e. The lowest BCUT2D eigenvalue weighted by molar-refractivity contribution is -0.142. The first-order valence-corrected chi connectivity index (χ1v) is 8.96. The largest absolute Gasteiger partial charge is 0.460 e. The average Bonchev–Trinajstić information content (AvgIpc) is 3.10. The maximum atomic E-state index is 12.3. The zero-order valence-corrected chi connectivity index (χ0v) is 14.3. The standard InChI is InChI=1S/C16H22N2O4S/c1-10(2)22-16(20)12-3-5-18-11(9-23-15(12)18)7-13(19)14-8-17-4-6-21-14/h7,10,14,17H,3-6,8-9H2,1-2H3/b11-7+. The van der Waals surface area contributed by atoms with Crippen LogP contribution in [0.15, 0.2) is 22.4 Å². The Hall–Kier alpha value is -1.31. The molecule has 1 atom stereocenters. The monoisotopic (exact) mass is 338 g/mol. The van der Waals surface area contributed by atoms with E-state index in [1.807, 2.05) is 13.8 Å². The minimum atomic E-state index is -0.401. The molecule has 0 radical (unpaired) electrons. The highest BCUT2D eigenvalue weighted by atomic mass is 32.2. The van der Waals surface area contributed by atoms with Gasteiger partial charge in [-0.25, -0.2) is 4.79 Å². The molecule has 2 saturated heterocycles. The van der Waals surface area contributed by atoms with Gasteiger partial charge in [-0.2, -0.15) is 0 Å². The number of carbonyl (C=O) groups excluding carboxylic acids is 2. The number of hydrogen-bond acceptors (Lipinski definition) is 7. The Kier molecular flexibility index (Phi) is 5.08. The molecule has 0 bridgehead atoms. The van der Waals surface area contributed by atoms with Gasteiger partial charge in [0.25, 0.3) is 0 Å². The summed E-state index contributed by atoms with van der Waals surface area (Å²) in [6.07, 6.45) is 1.82. The van der Waals surface area contributed by atoms with Crippen molar-refractivity contribution in [3.05, 3.63) is 22.4 Å². The molecule has 0 aromatic heterocycles. The second-order valence-electron chi connectivity index (χ2n) is 6.03. The van der Waals surface area contributed by atoms with Crippen molar-refractivity contribution in [2.24, 2.45) is 0 Å². The smallest absolute Gasteiger partial charge is 0.336 e. The minimum absolute atomic E-state index is 0.00717. The summed E-state index contributed by atoms with van der Waals surface area (Å²) in [7, 11) is 0. The lowest BCUT2D eigenvalue weighted by atomic mass is 10.1. The van der Waals surface area contributed by atoms with Gasteiger partial charge >= 0.3 is 5.97 Å². The van der Waals surface area contributed by atoms with Gasteiger partial charge in [-0.3, -0.25) is 4.79 Å². The van der Waals surface area contributed by atoms with E-state index in [1.54, 1.807) is 17.8 Å². The second-order valence-corrected chi connectivity index (χ2v) is 6.99. The van der Waals surface area contributed by atoms with E-state index >= 15 is 0 Å². The van der Waals surface area contributed by atoms with Crippen LogP contribution in [0.2, 0.25) is 0 Å². The van der Waals surface area contributed by atoms with Crippen LogP contribution in [0, 0.1) is 0 Å². The zero-order valence-electron chi connectivity index (χ0n) is 13.5. The van der Waals surface area contributed by atoms with Gasteiger partial charge in [0.1, 0.15) is 6.10 Å². The van der Waals surface area contributed by atoms with Gasteiger partial charge in [-0.05, 0) is 13.8 Å². The molecule has 0 aromatic carbocycles. The number of carbonyl (C=O) groups is 2. The van der Waals surface area contributed by atoms with E-state index in [1.165, 1.54) is 0 Å². The Bertz CT molecular complexity index is 564. The highest BCUT2D eigenvalue weighted by molar-refractivity contribution is 8.03. The van der Waals surface area contributed by atoms with Crippen LogP contribution < -0.4 is 5.32 Å². The van der Waals surface area contributed by atoms with Crippen molar-refractivity contribution in [3.8, 4) is 0 Å². The molecule has 3 aliphatic rings. The number of fused-ring (bicyclic) bond motifs is 1. The third kappa shape index (κ3) is 3.62. The topological polar surface area (TPSA) is 67.9 Å². The van der Waals surface area contributed by atoms with Gasteiger partial charge in [0.05, 0.1) is 23.3 Å². The third-order valence-electron chi connectivity index (χ3n) is 3.94. The molecule has 1 unspecified atom stereocenters. The van der Waals surface area contributed by atoms with Gasteiger partial charge in [0, 0.05) is 43.6 Å². The quantitative estimate of drug-likeness (QED) is 0.607. The molecule has 3 heterocycles. The molecular formula is C16H22N2O4S. The van der Waals surface area contributed by atoms with Crippen LogP contribution in [0.4, 0.5) is 0 Å². The number of hydrogen-bond donors (Lipinski definition) is 1. The van der Waals surface area contributed by atoms with Crippen LogP contribution in [0.3, 0.4) is 0 Å². The molecule has 7 heteroatoms. The van der Waals surface area contributed by atoms with E-state index in [9.17, 15) is 9.59 Å². The van der Waals surface area contributed by atoms with Crippen molar-refractivity contribution in [2.45, 2.75) is 32.5 Å². The highest BCUT2D eigenvalue weighted by Gasteiger charge is 2.35. The van der Waals surface area contributed by atoms with Crippen LogP contribution in [0.25, 0.3) is 0 Å². The predicted molar refractivity (Wildman–Crippen MR) is 87.7 cm³/mol. The summed E-state index contributed by atoms with van der Waals surface area (Å²) < 4.78 is 10.8. The number of ketones is 1. The van der Waals surface area contributed by atoms with Crippen molar-refractivity contribution < 1.29 is 19.1 Å². The van der Waals surface area contributed by atoms with Crippen LogP contribution in [0.5, 0.6) is 0 Å². The van der Waals surface area contributed by atoms with E-state index in [-0.39, 0.29) is 17.9 Å². The third-order valence-corrected chi connectivity index (χ3v) is 5.12. The molecular weight excluding hydrogens is 316 g/mol. The Morgan fingerprint density at radius 3 is 3.00 bits per heavy atom. The van der Waals surface area contributed by atoms with E-state index in [4.69, 9.17) is 9.47 Å². The van der Waals surface area contributed by atoms with Gasteiger partial charge in [0.15, 0.2) is 5.78 Å². The van der Waals surface area contributed by atoms with Crippen molar-refractivity contribution in [1.29, 1.82) is 0 Å². The molecule has 0 aromatic rings. The molecule has 126 valence electrons. The van der Waals surface area contributed by atoms with E-state index in [0.29, 0.717) is 25.3 Å². The first-order chi connectivity index (χ1) is 11.1. The first-order valence-electron chi connectivity index (χ1n) is 7.97. The lowest BCUT2D eigenvalue weighted by Gasteiger charge is -2.22. The molecule has 0 saturated carbocycles. The number of rotatable bonds is 4. The summed E-state index contributed by atoms with van der Waals surface area (Å²) in [4.78, 5) is 26.5. The maximum absolute atomic E-state index is 12.3. The summed E-state index contributed by atoms with van der Waals surface area (Å²) in [5.74, 6) is 0.462. The second kappa shape index (κ2) is 7.07. The Labute approximate surface area is 140 Å². The number of thioether (sulfide) groups is 1. The Balaban J connectivity index is 1.71. The van der Waals surface area contributed by atoms with Crippen LogP contribution in [-0.2, 0) is 19.1 Å².